The fourth-order valence-electron chi connectivity index (χ4n) is 2.56. The number of carbonyl (C=O) groups excluding carboxylic acids is 1. The Bertz CT molecular complexity index is 1170. The second kappa shape index (κ2) is 8.13. The van der Waals surface area contributed by atoms with Crippen LogP contribution in [-0.4, -0.2) is 20.7 Å². The molecule has 13 heteroatoms. The number of carbonyl (C=O) groups is 1. The molecule has 0 amide bonds. The second-order valence-corrected chi connectivity index (χ2v) is 5.69. The third-order valence-electron chi connectivity index (χ3n) is 3.91. The number of nitrogens with zero attached hydrogens (tertiary/aromatic N) is 2. The largest absolute Gasteiger partial charge is 0.493 e. The molecule has 154 valence electrons. The van der Waals surface area contributed by atoms with E-state index in [1.807, 2.05) is 0 Å². The van der Waals surface area contributed by atoms with Crippen molar-refractivity contribution in [2.24, 2.45) is 0 Å². The van der Waals surface area contributed by atoms with Crippen molar-refractivity contribution in [2.45, 2.75) is 6.92 Å². The Morgan fingerprint density at radius 3 is 1.87 bits per heavy atom. The van der Waals surface area contributed by atoms with Gasteiger partial charge in [0.05, 0.1) is 11.3 Å². The first-order valence-electron chi connectivity index (χ1n) is 7.47. The Morgan fingerprint density at radius 1 is 0.833 bits per heavy atom. The minimum absolute atomic E-state index is 0. The van der Waals surface area contributed by atoms with Gasteiger partial charge in [0.1, 0.15) is 11.3 Å². The molecule has 4 nitrogen and oxygen atoms in total. The molecule has 30 heavy (non-hydrogen) atoms. The number of hydrogen-bond acceptors (Lipinski definition) is 3. The Hall–Kier alpha value is -2.82. The summed E-state index contributed by atoms with van der Waals surface area (Å²) in [6.45, 7) is 0.961. The van der Waals surface area contributed by atoms with Crippen molar-refractivity contribution in [3.05, 3.63) is 75.5 Å². The zero-order valence-electron chi connectivity index (χ0n) is 14.6. The van der Waals surface area contributed by atoms with Gasteiger partial charge >= 0.3 is 0 Å². The first-order valence-corrected chi connectivity index (χ1v) is 7.47. The van der Waals surface area contributed by atoms with Gasteiger partial charge in [-0.05, 0) is 13.0 Å². The second-order valence-electron chi connectivity index (χ2n) is 5.69. The van der Waals surface area contributed by atoms with Gasteiger partial charge in [0.2, 0.25) is 11.7 Å². The number of rotatable bonds is 3. The minimum Gasteiger partial charge on any atom is -0.493 e. The number of benzene rings is 2. The van der Waals surface area contributed by atoms with Crippen LogP contribution in [0.1, 0.15) is 21.6 Å². The van der Waals surface area contributed by atoms with Crippen molar-refractivity contribution < 1.29 is 64.5 Å². The van der Waals surface area contributed by atoms with Gasteiger partial charge in [-0.1, -0.05) is 0 Å². The molecule has 0 bridgehead atoms. The summed E-state index contributed by atoms with van der Waals surface area (Å²) < 4.78 is 108. The maximum absolute atomic E-state index is 13.9. The average Bonchev–Trinajstić information content (AvgIpc) is 2.95. The molecule has 0 spiro atoms. The first-order chi connectivity index (χ1) is 13.5. The normalized spacial score (nSPS) is 10.8. The Balaban J connectivity index is 0.00000320. The van der Waals surface area contributed by atoms with Crippen LogP contribution >= 0.6 is 0 Å². The molecule has 3 aromatic rings. The summed E-state index contributed by atoms with van der Waals surface area (Å²) >= 11 is 0. The van der Waals surface area contributed by atoms with Gasteiger partial charge in [-0.3, -0.25) is 4.79 Å². The van der Waals surface area contributed by atoms with E-state index in [2.05, 4.69) is 5.10 Å². The fourth-order valence-corrected chi connectivity index (χ4v) is 2.56. The zero-order valence-corrected chi connectivity index (χ0v) is 17.6. The molecule has 0 radical (unpaired) electrons. The van der Waals surface area contributed by atoms with Crippen LogP contribution in [0.5, 0.6) is 5.88 Å². The standard InChI is InChI=1S/C17H6F8N2O2.Zn/c1-4-9(16(28)5-2-6(18)11(22)14(25)10(5)21)17(29)27(26-4)15-12(23)7(19)3-8(20)13(15)24;/h2-3,29H,1H3;. The third-order valence-corrected chi connectivity index (χ3v) is 3.91. The van der Waals surface area contributed by atoms with E-state index < -0.39 is 80.7 Å². The Kier molecular flexibility index (Phi) is 6.36. The molecule has 2 aromatic carbocycles. The summed E-state index contributed by atoms with van der Waals surface area (Å²) in [5, 5.41) is 13.5. The molecule has 0 fully saturated rings. The molecule has 0 aliphatic heterocycles. The van der Waals surface area contributed by atoms with Gasteiger partial charge in [0.15, 0.2) is 46.5 Å². The van der Waals surface area contributed by atoms with Crippen LogP contribution in [0.2, 0.25) is 0 Å². The zero-order chi connectivity index (χ0) is 21.8. The van der Waals surface area contributed by atoms with Crippen molar-refractivity contribution in [3.63, 3.8) is 0 Å². The molecule has 1 aromatic heterocycles. The van der Waals surface area contributed by atoms with Crippen molar-refractivity contribution in [2.75, 3.05) is 0 Å². The molecule has 0 aliphatic rings. The Morgan fingerprint density at radius 2 is 1.33 bits per heavy atom. The van der Waals surface area contributed by atoms with Crippen molar-refractivity contribution >= 4 is 5.78 Å². The number of ketones is 1. The molecule has 0 aliphatic carbocycles. The minimum atomic E-state index is -2.32. The smallest absolute Gasteiger partial charge is 0.226 e. The predicted octanol–water partition coefficient (Wildman–Crippen LogP) is 4.23. The van der Waals surface area contributed by atoms with Crippen LogP contribution in [0, 0.1) is 53.5 Å². The molecule has 0 atom stereocenters. The number of hydrogen-bond donors (Lipinski definition) is 1. The molecule has 1 heterocycles. The summed E-state index contributed by atoms with van der Waals surface area (Å²) in [6.07, 6.45) is 0. The van der Waals surface area contributed by atoms with Gasteiger partial charge in [-0.2, -0.15) is 9.78 Å². The van der Waals surface area contributed by atoms with Crippen molar-refractivity contribution in [3.8, 4) is 11.6 Å². The van der Waals surface area contributed by atoms with Crippen LogP contribution in [0.25, 0.3) is 5.69 Å². The van der Waals surface area contributed by atoms with Crippen LogP contribution in [0.15, 0.2) is 12.1 Å². The SMILES string of the molecule is Cc1nn(-c2c(F)c(F)cc(F)c2F)c(O)c1C(=O)c1cc(F)c(F)c(F)c1F.[Zn]. The maximum atomic E-state index is 13.9. The number of aromatic nitrogens is 2. The summed E-state index contributed by atoms with van der Waals surface area (Å²) in [5.74, 6) is -19.3. The van der Waals surface area contributed by atoms with E-state index in [0.717, 1.165) is 6.92 Å². The van der Waals surface area contributed by atoms with Gasteiger partial charge in [0.25, 0.3) is 0 Å². The number of halogens is 8. The molecule has 0 unspecified atom stereocenters. The van der Waals surface area contributed by atoms with E-state index in [1.165, 1.54) is 0 Å². The topological polar surface area (TPSA) is 55.1 Å². The van der Waals surface area contributed by atoms with Gasteiger partial charge in [-0.15, -0.1) is 0 Å². The van der Waals surface area contributed by atoms with Crippen molar-refractivity contribution in [1.29, 1.82) is 0 Å². The fraction of sp³-hybridized carbons (Fsp3) is 0.0588. The van der Waals surface area contributed by atoms with E-state index in [9.17, 15) is 45.0 Å². The van der Waals surface area contributed by atoms with E-state index >= 15 is 0 Å². The van der Waals surface area contributed by atoms with Crippen LogP contribution < -0.4 is 0 Å². The Labute approximate surface area is 174 Å². The summed E-state index contributed by atoms with van der Waals surface area (Å²) in [7, 11) is 0. The summed E-state index contributed by atoms with van der Waals surface area (Å²) in [5.41, 5.74) is -4.47. The predicted molar refractivity (Wildman–Crippen MR) is 79.5 cm³/mol. The third kappa shape index (κ3) is 3.47. The van der Waals surface area contributed by atoms with Crippen LogP contribution in [-0.2, 0) is 19.5 Å². The molecular formula is C17H6F8N2O2Zn. The first kappa shape index (κ1) is 23.5. The average molecular weight is 488 g/mol. The van der Waals surface area contributed by atoms with Crippen LogP contribution in [0.4, 0.5) is 35.1 Å². The monoisotopic (exact) mass is 486 g/mol. The molecule has 0 saturated carbocycles. The molecule has 1 N–H and O–H groups in total. The van der Waals surface area contributed by atoms with E-state index in [4.69, 9.17) is 0 Å². The maximum Gasteiger partial charge on any atom is 0.226 e. The van der Waals surface area contributed by atoms with Crippen LogP contribution in [0.3, 0.4) is 0 Å². The molecule has 0 saturated heterocycles. The van der Waals surface area contributed by atoms with E-state index in [-0.39, 0.29) is 36.3 Å². The van der Waals surface area contributed by atoms with Gasteiger partial charge < -0.3 is 5.11 Å². The summed E-state index contributed by atoms with van der Waals surface area (Å²) in [4.78, 5) is 12.4. The van der Waals surface area contributed by atoms with Gasteiger partial charge in [-0.25, -0.2) is 35.1 Å². The van der Waals surface area contributed by atoms with E-state index in [1.54, 1.807) is 0 Å². The van der Waals surface area contributed by atoms with Gasteiger partial charge in [0, 0.05) is 25.5 Å². The molecule has 3 rings (SSSR count). The van der Waals surface area contributed by atoms with E-state index in [0.29, 0.717) is 0 Å². The van der Waals surface area contributed by atoms with Crippen molar-refractivity contribution in [1.82, 2.24) is 9.78 Å². The quantitative estimate of drug-likeness (QED) is 0.198. The number of aryl methyl sites for hydroxylation is 1. The number of aromatic hydroxyl groups is 1. The summed E-state index contributed by atoms with van der Waals surface area (Å²) in [6, 6.07) is -0.123. The molecular weight excluding hydrogens is 482 g/mol.